The van der Waals surface area contributed by atoms with E-state index in [0.717, 1.165) is 21.5 Å². The van der Waals surface area contributed by atoms with Crippen LogP contribution >= 0.6 is 11.8 Å². The van der Waals surface area contributed by atoms with E-state index in [9.17, 15) is 14.4 Å². The summed E-state index contributed by atoms with van der Waals surface area (Å²) in [6.07, 6.45) is 1.52. The van der Waals surface area contributed by atoms with Crippen molar-refractivity contribution in [3.63, 3.8) is 0 Å². The highest BCUT2D eigenvalue weighted by atomic mass is 32.2. The second-order valence-electron chi connectivity index (χ2n) is 6.13. The van der Waals surface area contributed by atoms with E-state index in [4.69, 9.17) is 4.74 Å². The average Bonchev–Trinajstić information content (AvgIpc) is 3.11. The van der Waals surface area contributed by atoms with Crippen molar-refractivity contribution < 1.29 is 19.1 Å². The molecule has 0 bridgehead atoms. The summed E-state index contributed by atoms with van der Waals surface area (Å²) >= 11 is 1.32. The van der Waals surface area contributed by atoms with Crippen molar-refractivity contribution in [2.45, 2.75) is 16.6 Å². The van der Waals surface area contributed by atoms with Gasteiger partial charge in [-0.05, 0) is 18.2 Å². The molecule has 2 heterocycles. The average molecular weight is 380 g/mol. The largest absolute Gasteiger partial charge is 0.457 e. The number of fused-ring (bicyclic) bond motifs is 2. The Labute approximate surface area is 159 Å². The van der Waals surface area contributed by atoms with Crippen molar-refractivity contribution in [3.8, 4) is 0 Å². The van der Waals surface area contributed by atoms with Crippen LogP contribution in [0.2, 0.25) is 0 Å². The molecule has 6 nitrogen and oxygen atoms in total. The molecule has 2 N–H and O–H groups in total. The number of esters is 1. The van der Waals surface area contributed by atoms with Crippen LogP contribution in [0, 0.1) is 0 Å². The predicted octanol–water partition coefficient (Wildman–Crippen LogP) is 3.40. The van der Waals surface area contributed by atoms with Gasteiger partial charge in [-0.3, -0.25) is 14.4 Å². The highest BCUT2D eigenvalue weighted by molar-refractivity contribution is 8.01. The maximum atomic E-state index is 12.4. The molecule has 0 spiro atoms. The predicted molar refractivity (Wildman–Crippen MR) is 103 cm³/mol. The molecule has 1 aliphatic heterocycles. The molecule has 27 heavy (non-hydrogen) atoms. The number of para-hydroxylation sites is 2. The number of hydrogen-bond donors (Lipinski definition) is 2. The first-order valence-corrected chi connectivity index (χ1v) is 9.31. The number of aromatic amines is 1. The molecule has 1 aliphatic rings. The Bertz CT molecular complexity index is 1040. The van der Waals surface area contributed by atoms with Crippen LogP contribution in [0.3, 0.4) is 0 Å². The number of amides is 1. The molecule has 0 fully saturated rings. The summed E-state index contributed by atoms with van der Waals surface area (Å²) in [5.41, 5.74) is 2.07. The van der Waals surface area contributed by atoms with Crippen LogP contribution in [0.4, 0.5) is 5.69 Å². The number of anilines is 1. The molecular formula is C20H16N2O4S. The number of ether oxygens (including phenoxy) is 1. The Morgan fingerprint density at radius 3 is 2.74 bits per heavy atom. The molecule has 4 rings (SSSR count). The molecule has 2 aromatic carbocycles. The molecule has 3 aromatic rings. The van der Waals surface area contributed by atoms with Crippen molar-refractivity contribution in [3.05, 3.63) is 60.3 Å². The van der Waals surface area contributed by atoms with Gasteiger partial charge in [0.05, 0.1) is 17.4 Å². The van der Waals surface area contributed by atoms with Crippen LogP contribution in [-0.4, -0.2) is 34.5 Å². The number of thioether (sulfide) groups is 1. The summed E-state index contributed by atoms with van der Waals surface area (Å²) in [5, 5.41) is 3.00. The highest BCUT2D eigenvalue weighted by Gasteiger charge is 2.29. The first-order valence-electron chi connectivity index (χ1n) is 8.43. The minimum absolute atomic E-state index is 0.0913. The summed E-state index contributed by atoms with van der Waals surface area (Å²) in [6, 6.07) is 14.8. The van der Waals surface area contributed by atoms with Crippen LogP contribution in [0.1, 0.15) is 16.8 Å². The van der Waals surface area contributed by atoms with Gasteiger partial charge in [-0.25, -0.2) is 0 Å². The van der Waals surface area contributed by atoms with Gasteiger partial charge in [0.15, 0.2) is 6.61 Å². The standard InChI is InChI=1S/C20H16N2O4S/c23-16(13-10-21-14-6-2-1-5-12(13)14)11-26-19(24)9-18-20(25)22-15-7-3-4-8-17(15)27-18/h1-8,10,18,21H,9,11H2,(H,22,25)/t18-/m0/s1. The summed E-state index contributed by atoms with van der Waals surface area (Å²) in [7, 11) is 0. The van der Waals surface area contributed by atoms with Gasteiger partial charge in [0.25, 0.3) is 0 Å². The molecule has 0 aliphatic carbocycles. The number of H-pyrrole nitrogens is 1. The zero-order chi connectivity index (χ0) is 18.8. The van der Waals surface area contributed by atoms with Crippen molar-refractivity contribution in [1.82, 2.24) is 4.98 Å². The van der Waals surface area contributed by atoms with Gasteiger partial charge in [-0.2, -0.15) is 0 Å². The Morgan fingerprint density at radius 1 is 1.07 bits per heavy atom. The van der Waals surface area contributed by atoms with Gasteiger partial charge in [-0.1, -0.05) is 30.3 Å². The lowest BCUT2D eigenvalue weighted by molar-refractivity contribution is -0.143. The van der Waals surface area contributed by atoms with Gasteiger partial charge in [0, 0.05) is 27.6 Å². The van der Waals surface area contributed by atoms with E-state index in [0.29, 0.717) is 5.56 Å². The Morgan fingerprint density at radius 2 is 1.85 bits per heavy atom. The third-order valence-corrected chi connectivity index (χ3v) is 5.59. The lowest BCUT2D eigenvalue weighted by Gasteiger charge is -2.23. The third kappa shape index (κ3) is 3.59. The van der Waals surface area contributed by atoms with E-state index < -0.39 is 11.2 Å². The molecule has 1 amide bonds. The van der Waals surface area contributed by atoms with Crippen LogP contribution < -0.4 is 5.32 Å². The summed E-state index contributed by atoms with van der Waals surface area (Å²) in [5.74, 6) is -1.10. The number of carbonyl (C=O) groups is 3. The van der Waals surface area contributed by atoms with Crippen LogP contribution in [0.5, 0.6) is 0 Å². The Kier molecular flexibility index (Phi) is 4.68. The number of rotatable bonds is 5. The topological polar surface area (TPSA) is 88.3 Å². The quantitative estimate of drug-likeness (QED) is 0.523. The Hall–Kier alpha value is -3.06. The van der Waals surface area contributed by atoms with Gasteiger partial charge in [0.2, 0.25) is 11.7 Å². The molecule has 136 valence electrons. The molecule has 1 atom stereocenters. The van der Waals surface area contributed by atoms with E-state index in [1.165, 1.54) is 11.8 Å². The van der Waals surface area contributed by atoms with Crippen molar-refractivity contribution in [2.75, 3.05) is 11.9 Å². The van der Waals surface area contributed by atoms with Crippen molar-refractivity contribution in [2.24, 2.45) is 0 Å². The SMILES string of the molecule is O=C(C[C@@H]1Sc2ccccc2NC1=O)OCC(=O)c1c[nH]c2ccccc12. The fourth-order valence-electron chi connectivity index (χ4n) is 2.96. The zero-order valence-corrected chi connectivity index (χ0v) is 15.0. The number of aromatic nitrogens is 1. The minimum atomic E-state index is -0.574. The fourth-order valence-corrected chi connectivity index (χ4v) is 4.06. The minimum Gasteiger partial charge on any atom is -0.457 e. The molecule has 1 aromatic heterocycles. The number of benzene rings is 2. The van der Waals surface area contributed by atoms with E-state index in [1.54, 1.807) is 6.20 Å². The first kappa shape index (κ1) is 17.4. The van der Waals surface area contributed by atoms with Gasteiger partial charge in [-0.15, -0.1) is 11.8 Å². The highest BCUT2D eigenvalue weighted by Crippen LogP contribution is 2.36. The van der Waals surface area contributed by atoms with Crippen LogP contribution in [0.25, 0.3) is 10.9 Å². The zero-order valence-electron chi connectivity index (χ0n) is 14.2. The maximum Gasteiger partial charge on any atom is 0.307 e. The first-order chi connectivity index (χ1) is 13.1. The van der Waals surface area contributed by atoms with Gasteiger partial charge in [0.1, 0.15) is 0 Å². The van der Waals surface area contributed by atoms with E-state index >= 15 is 0 Å². The summed E-state index contributed by atoms with van der Waals surface area (Å²) in [4.78, 5) is 40.6. The monoisotopic (exact) mass is 380 g/mol. The maximum absolute atomic E-state index is 12.4. The lowest BCUT2D eigenvalue weighted by atomic mass is 10.1. The third-order valence-electron chi connectivity index (χ3n) is 4.31. The Balaban J connectivity index is 1.36. The number of ketones is 1. The summed E-state index contributed by atoms with van der Waals surface area (Å²) in [6.45, 7) is -0.351. The van der Waals surface area contributed by atoms with E-state index in [-0.39, 0.29) is 24.7 Å². The van der Waals surface area contributed by atoms with Gasteiger partial charge >= 0.3 is 5.97 Å². The van der Waals surface area contributed by atoms with E-state index in [2.05, 4.69) is 10.3 Å². The number of hydrogen-bond acceptors (Lipinski definition) is 5. The van der Waals surface area contributed by atoms with Crippen LogP contribution in [0.15, 0.2) is 59.6 Å². The molecule has 0 saturated heterocycles. The normalized spacial score (nSPS) is 15.9. The fraction of sp³-hybridized carbons (Fsp3) is 0.150. The number of Topliss-reactive ketones (excluding diaryl/α,β-unsaturated/α-hetero) is 1. The molecule has 0 unspecified atom stereocenters. The molecular weight excluding hydrogens is 364 g/mol. The van der Waals surface area contributed by atoms with E-state index in [1.807, 2.05) is 48.5 Å². The second-order valence-corrected chi connectivity index (χ2v) is 7.37. The van der Waals surface area contributed by atoms with Crippen LogP contribution in [-0.2, 0) is 14.3 Å². The molecule has 0 radical (unpaired) electrons. The van der Waals surface area contributed by atoms with Gasteiger partial charge < -0.3 is 15.0 Å². The molecule has 0 saturated carbocycles. The van der Waals surface area contributed by atoms with Crippen molar-refractivity contribution in [1.29, 1.82) is 0 Å². The number of carbonyl (C=O) groups excluding carboxylic acids is 3. The molecule has 7 heteroatoms. The van der Waals surface area contributed by atoms with Crippen molar-refractivity contribution >= 4 is 46.0 Å². The summed E-state index contributed by atoms with van der Waals surface area (Å²) < 4.78 is 5.12. The second kappa shape index (κ2) is 7.28. The number of nitrogens with one attached hydrogen (secondary N) is 2. The lowest BCUT2D eigenvalue weighted by Crippen LogP contribution is -2.31. The smallest absolute Gasteiger partial charge is 0.307 e.